The fourth-order valence-electron chi connectivity index (χ4n) is 1.67. The molecule has 0 spiro atoms. The number of carbonyl (C=O) groups is 1. The van der Waals surface area contributed by atoms with Crippen LogP contribution in [0.25, 0.3) is 0 Å². The molecule has 3 heteroatoms. The van der Waals surface area contributed by atoms with Gasteiger partial charge in [0.1, 0.15) is 11.5 Å². The van der Waals surface area contributed by atoms with Crippen LogP contribution in [0.5, 0.6) is 5.75 Å². The van der Waals surface area contributed by atoms with E-state index in [4.69, 9.17) is 4.74 Å². The van der Waals surface area contributed by atoms with Crippen molar-refractivity contribution >= 4 is 21.7 Å². The molecule has 0 N–H and O–H groups in total. The average Bonchev–Trinajstić information content (AvgIpc) is 3.01. The van der Waals surface area contributed by atoms with Gasteiger partial charge in [0, 0.05) is 16.3 Å². The van der Waals surface area contributed by atoms with E-state index in [2.05, 4.69) is 15.9 Å². The molecule has 0 aliphatic heterocycles. The number of hydrogen-bond acceptors (Lipinski definition) is 2. The molecular formula is C13H15BrO2. The molecule has 0 amide bonds. The van der Waals surface area contributed by atoms with E-state index in [0.717, 1.165) is 28.6 Å². The first-order valence-electron chi connectivity index (χ1n) is 5.41. The van der Waals surface area contributed by atoms with Gasteiger partial charge >= 0.3 is 0 Å². The first-order chi connectivity index (χ1) is 7.55. The van der Waals surface area contributed by atoms with Crippen molar-refractivity contribution in [3.8, 4) is 5.75 Å². The summed E-state index contributed by atoms with van der Waals surface area (Å²) in [7, 11) is 1.64. The van der Waals surface area contributed by atoms with Gasteiger partial charge in [-0.25, -0.2) is 0 Å². The Bertz CT molecular complexity index is 422. The second-order valence-corrected chi connectivity index (χ2v) is 5.47. The largest absolute Gasteiger partial charge is 0.497 e. The zero-order valence-corrected chi connectivity index (χ0v) is 11.1. The second kappa shape index (κ2) is 4.21. The van der Waals surface area contributed by atoms with Gasteiger partial charge in [-0.05, 0) is 36.6 Å². The average molecular weight is 283 g/mol. The molecule has 0 heterocycles. The highest BCUT2D eigenvalue weighted by Gasteiger charge is 2.44. The van der Waals surface area contributed by atoms with E-state index in [9.17, 15) is 4.79 Å². The Kier molecular flexibility index (Phi) is 3.06. The van der Waals surface area contributed by atoms with Gasteiger partial charge in [0.2, 0.25) is 0 Å². The Morgan fingerprint density at radius 3 is 2.75 bits per heavy atom. The maximum Gasteiger partial charge on any atom is 0.143 e. The van der Waals surface area contributed by atoms with Crippen LogP contribution >= 0.6 is 15.9 Å². The number of methoxy groups -OCH3 is 1. The molecule has 1 aromatic carbocycles. The molecule has 16 heavy (non-hydrogen) atoms. The van der Waals surface area contributed by atoms with Crippen molar-refractivity contribution in [3.05, 3.63) is 28.2 Å². The van der Waals surface area contributed by atoms with Crippen LogP contribution in [0.2, 0.25) is 0 Å². The summed E-state index contributed by atoms with van der Waals surface area (Å²) in [6, 6.07) is 5.74. The van der Waals surface area contributed by atoms with E-state index < -0.39 is 0 Å². The SMILES string of the molecule is COc1ccc(Br)c(CC(=O)C2(C)CC2)c1. The van der Waals surface area contributed by atoms with Crippen LogP contribution in [0.15, 0.2) is 22.7 Å². The predicted molar refractivity (Wildman–Crippen MR) is 66.7 cm³/mol. The molecule has 1 aromatic rings. The number of ether oxygens (including phenoxy) is 1. The lowest BCUT2D eigenvalue weighted by molar-refractivity contribution is -0.122. The Hall–Kier alpha value is -0.830. The topological polar surface area (TPSA) is 26.3 Å². The van der Waals surface area contributed by atoms with Crippen molar-refractivity contribution in [2.75, 3.05) is 7.11 Å². The maximum absolute atomic E-state index is 12.0. The molecular weight excluding hydrogens is 268 g/mol. The number of hydrogen-bond donors (Lipinski definition) is 0. The first-order valence-corrected chi connectivity index (χ1v) is 6.20. The predicted octanol–water partition coefficient (Wildman–Crippen LogP) is 3.37. The van der Waals surface area contributed by atoms with Gasteiger partial charge in [-0.1, -0.05) is 22.9 Å². The summed E-state index contributed by atoms with van der Waals surface area (Å²) in [5, 5.41) is 0. The molecule has 1 saturated carbocycles. The molecule has 1 aliphatic carbocycles. The van der Waals surface area contributed by atoms with Crippen LogP contribution < -0.4 is 4.74 Å². The van der Waals surface area contributed by atoms with E-state index in [1.54, 1.807) is 7.11 Å². The van der Waals surface area contributed by atoms with Gasteiger partial charge in [0.15, 0.2) is 0 Å². The molecule has 0 bridgehead atoms. The summed E-state index contributed by atoms with van der Waals surface area (Å²) >= 11 is 3.47. The van der Waals surface area contributed by atoms with Crippen LogP contribution in [0.4, 0.5) is 0 Å². The summed E-state index contributed by atoms with van der Waals surface area (Å²) in [5.41, 5.74) is 0.958. The highest BCUT2D eigenvalue weighted by molar-refractivity contribution is 9.10. The Balaban J connectivity index is 2.17. The molecule has 0 aromatic heterocycles. The van der Waals surface area contributed by atoms with E-state index in [-0.39, 0.29) is 5.41 Å². The minimum atomic E-state index is -0.0531. The van der Waals surface area contributed by atoms with Crippen molar-refractivity contribution in [1.82, 2.24) is 0 Å². The van der Waals surface area contributed by atoms with Crippen molar-refractivity contribution in [3.63, 3.8) is 0 Å². The molecule has 0 atom stereocenters. The number of halogens is 1. The van der Waals surface area contributed by atoms with Crippen LogP contribution in [-0.4, -0.2) is 12.9 Å². The van der Waals surface area contributed by atoms with Crippen LogP contribution in [0.3, 0.4) is 0 Å². The van der Waals surface area contributed by atoms with Crippen LogP contribution in [0.1, 0.15) is 25.3 Å². The van der Waals surface area contributed by atoms with Crippen molar-refractivity contribution in [2.24, 2.45) is 5.41 Å². The molecule has 0 radical (unpaired) electrons. The second-order valence-electron chi connectivity index (χ2n) is 4.62. The molecule has 0 unspecified atom stereocenters. The molecule has 2 nitrogen and oxygen atoms in total. The van der Waals surface area contributed by atoms with E-state index in [1.165, 1.54) is 0 Å². The molecule has 0 saturated heterocycles. The summed E-state index contributed by atoms with van der Waals surface area (Å²) in [6.07, 6.45) is 2.56. The summed E-state index contributed by atoms with van der Waals surface area (Å²) < 4.78 is 6.14. The first kappa shape index (κ1) is 11.6. The summed E-state index contributed by atoms with van der Waals surface area (Å²) in [5.74, 6) is 1.13. The zero-order valence-electron chi connectivity index (χ0n) is 9.55. The molecule has 1 fully saturated rings. The molecule has 86 valence electrons. The highest BCUT2D eigenvalue weighted by atomic mass is 79.9. The maximum atomic E-state index is 12.0. The fourth-order valence-corrected chi connectivity index (χ4v) is 2.05. The van der Waals surface area contributed by atoms with E-state index in [0.29, 0.717) is 12.2 Å². The third kappa shape index (κ3) is 2.29. The number of Topliss-reactive ketones (excluding diaryl/α,β-unsaturated/α-hetero) is 1. The Labute approximate surface area is 104 Å². The van der Waals surface area contributed by atoms with Gasteiger partial charge in [-0.3, -0.25) is 4.79 Å². The van der Waals surface area contributed by atoms with Crippen molar-refractivity contribution in [1.29, 1.82) is 0 Å². The van der Waals surface area contributed by atoms with E-state index >= 15 is 0 Å². The normalized spacial score (nSPS) is 16.9. The quantitative estimate of drug-likeness (QED) is 0.846. The monoisotopic (exact) mass is 282 g/mol. The third-order valence-electron chi connectivity index (χ3n) is 3.28. The standard InChI is InChI=1S/C13H15BrO2/c1-13(5-6-13)12(15)8-9-7-10(16-2)3-4-11(9)14/h3-4,7H,5-6,8H2,1-2H3. The van der Waals surface area contributed by atoms with Gasteiger partial charge in [0.05, 0.1) is 7.11 Å². The van der Waals surface area contributed by atoms with Crippen LogP contribution in [0, 0.1) is 5.41 Å². The zero-order chi connectivity index (χ0) is 11.8. The Morgan fingerprint density at radius 2 is 2.19 bits per heavy atom. The molecule has 1 aliphatic rings. The lowest BCUT2D eigenvalue weighted by atomic mass is 9.97. The number of benzene rings is 1. The lowest BCUT2D eigenvalue weighted by Crippen LogP contribution is -2.14. The summed E-state index contributed by atoms with van der Waals surface area (Å²) in [6.45, 7) is 2.05. The fraction of sp³-hybridized carbons (Fsp3) is 0.462. The lowest BCUT2D eigenvalue weighted by Gasteiger charge is -2.10. The highest BCUT2D eigenvalue weighted by Crippen LogP contribution is 2.46. The van der Waals surface area contributed by atoms with Gasteiger partial charge in [-0.15, -0.1) is 0 Å². The summed E-state index contributed by atoms with van der Waals surface area (Å²) in [4.78, 5) is 12.0. The van der Waals surface area contributed by atoms with Gasteiger partial charge < -0.3 is 4.74 Å². The van der Waals surface area contributed by atoms with Gasteiger partial charge in [-0.2, -0.15) is 0 Å². The third-order valence-corrected chi connectivity index (χ3v) is 4.05. The van der Waals surface area contributed by atoms with Crippen molar-refractivity contribution < 1.29 is 9.53 Å². The number of carbonyl (C=O) groups excluding carboxylic acids is 1. The molecule has 2 rings (SSSR count). The minimum absolute atomic E-state index is 0.0531. The van der Waals surface area contributed by atoms with Crippen LogP contribution in [-0.2, 0) is 11.2 Å². The number of ketones is 1. The smallest absolute Gasteiger partial charge is 0.143 e. The van der Waals surface area contributed by atoms with E-state index in [1.807, 2.05) is 25.1 Å². The number of rotatable bonds is 4. The van der Waals surface area contributed by atoms with Crippen molar-refractivity contribution in [2.45, 2.75) is 26.2 Å². The minimum Gasteiger partial charge on any atom is -0.497 e. The Morgan fingerprint density at radius 1 is 1.50 bits per heavy atom. The van der Waals surface area contributed by atoms with Gasteiger partial charge in [0.25, 0.3) is 0 Å².